The zero-order chi connectivity index (χ0) is 12.4. The molecule has 0 bridgehead atoms. The number of hydrogen-bond donors (Lipinski definition) is 1. The molecule has 2 aromatic rings. The zero-order valence-electron chi connectivity index (χ0n) is 9.14. The maximum atomic E-state index is 13.4. The van der Waals surface area contributed by atoms with Crippen molar-refractivity contribution in [2.45, 2.75) is 6.92 Å². The van der Waals surface area contributed by atoms with Gasteiger partial charge in [0.25, 0.3) is 0 Å². The molecular weight excluding hydrogens is 221 g/mol. The Bertz CT molecular complexity index is 581. The molecule has 0 aliphatic carbocycles. The second kappa shape index (κ2) is 4.33. The summed E-state index contributed by atoms with van der Waals surface area (Å²) in [5.41, 5.74) is 1.78. The van der Waals surface area contributed by atoms with Crippen molar-refractivity contribution >= 4 is 5.97 Å². The highest BCUT2D eigenvalue weighted by Gasteiger charge is 2.07. The minimum Gasteiger partial charge on any atom is -0.477 e. The molecule has 0 aliphatic rings. The quantitative estimate of drug-likeness (QED) is 0.864. The fraction of sp³-hybridized carbons (Fsp3) is 0.0769. The van der Waals surface area contributed by atoms with Gasteiger partial charge in [0.15, 0.2) is 0 Å². The van der Waals surface area contributed by atoms with Gasteiger partial charge in [-0.15, -0.1) is 0 Å². The van der Waals surface area contributed by atoms with Crippen LogP contribution in [0.1, 0.15) is 16.1 Å². The molecule has 17 heavy (non-hydrogen) atoms. The predicted octanol–water partition coefficient (Wildman–Crippen LogP) is 2.89. The first-order valence-electron chi connectivity index (χ1n) is 5.04. The van der Waals surface area contributed by atoms with Crippen molar-refractivity contribution in [2.24, 2.45) is 0 Å². The number of aromatic carboxylic acids is 1. The molecule has 0 radical (unpaired) electrons. The molecule has 1 heterocycles. The van der Waals surface area contributed by atoms with Gasteiger partial charge in [-0.2, -0.15) is 0 Å². The third-order valence-corrected chi connectivity index (χ3v) is 2.48. The Hall–Kier alpha value is -2.23. The Morgan fingerprint density at radius 3 is 2.59 bits per heavy atom. The maximum Gasteiger partial charge on any atom is 0.354 e. The van der Waals surface area contributed by atoms with Gasteiger partial charge in [0.1, 0.15) is 11.5 Å². The Labute approximate surface area is 97.6 Å². The van der Waals surface area contributed by atoms with Crippen molar-refractivity contribution in [3.8, 4) is 11.1 Å². The number of carboxylic acid groups (broad SMARTS) is 1. The minimum atomic E-state index is -1.10. The lowest BCUT2D eigenvalue weighted by molar-refractivity contribution is 0.0690. The second-order valence-corrected chi connectivity index (χ2v) is 3.70. The van der Waals surface area contributed by atoms with Crippen molar-refractivity contribution in [3.63, 3.8) is 0 Å². The van der Waals surface area contributed by atoms with E-state index in [0.717, 1.165) is 0 Å². The summed E-state index contributed by atoms with van der Waals surface area (Å²) in [5, 5.41) is 8.82. The molecule has 0 atom stereocenters. The number of aromatic nitrogens is 1. The summed E-state index contributed by atoms with van der Waals surface area (Å²) in [4.78, 5) is 14.5. The number of hydrogen-bond acceptors (Lipinski definition) is 2. The van der Waals surface area contributed by atoms with Gasteiger partial charge in [-0.05, 0) is 41.8 Å². The molecule has 0 spiro atoms. The van der Waals surface area contributed by atoms with Crippen LogP contribution in [-0.2, 0) is 0 Å². The van der Waals surface area contributed by atoms with Crippen LogP contribution in [-0.4, -0.2) is 16.1 Å². The third-order valence-electron chi connectivity index (χ3n) is 2.48. The monoisotopic (exact) mass is 231 g/mol. The highest BCUT2D eigenvalue weighted by atomic mass is 19.1. The number of carbonyl (C=O) groups is 1. The van der Waals surface area contributed by atoms with Crippen LogP contribution >= 0.6 is 0 Å². The molecule has 1 aromatic carbocycles. The largest absolute Gasteiger partial charge is 0.477 e. The standard InChI is InChI=1S/C13H10FNO2/c1-8-2-3-9(6-11(8)14)10-4-5-15-12(7-10)13(16)17/h2-7H,1H3,(H,16,17). The molecule has 2 rings (SSSR count). The van der Waals surface area contributed by atoms with Crippen LogP contribution < -0.4 is 0 Å². The van der Waals surface area contributed by atoms with Gasteiger partial charge in [-0.3, -0.25) is 0 Å². The second-order valence-electron chi connectivity index (χ2n) is 3.70. The third kappa shape index (κ3) is 2.30. The Kier molecular flexibility index (Phi) is 2.87. The van der Waals surface area contributed by atoms with Crippen LogP contribution in [0.3, 0.4) is 0 Å². The smallest absolute Gasteiger partial charge is 0.354 e. The van der Waals surface area contributed by atoms with E-state index >= 15 is 0 Å². The van der Waals surface area contributed by atoms with Crippen molar-refractivity contribution < 1.29 is 14.3 Å². The summed E-state index contributed by atoms with van der Waals surface area (Å²) in [7, 11) is 0. The molecule has 4 heteroatoms. The van der Waals surface area contributed by atoms with E-state index in [2.05, 4.69) is 4.98 Å². The molecule has 0 unspecified atom stereocenters. The van der Waals surface area contributed by atoms with Crippen LogP contribution in [0, 0.1) is 12.7 Å². The number of pyridine rings is 1. The molecule has 3 nitrogen and oxygen atoms in total. The molecule has 0 saturated heterocycles. The average molecular weight is 231 g/mol. The lowest BCUT2D eigenvalue weighted by atomic mass is 10.0. The summed E-state index contributed by atoms with van der Waals surface area (Å²) in [6, 6.07) is 7.87. The highest BCUT2D eigenvalue weighted by Crippen LogP contribution is 2.21. The Balaban J connectivity index is 2.49. The van der Waals surface area contributed by atoms with Gasteiger partial charge in [0.05, 0.1) is 0 Å². The fourth-order valence-corrected chi connectivity index (χ4v) is 1.50. The first-order valence-corrected chi connectivity index (χ1v) is 5.04. The number of rotatable bonds is 2. The minimum absolute atomic E-state index is 0.0523. The van der Waals surface area contributed by atoms with Gasteiger partial charge in [-0.1, -0.05) is 12.1 Å². The van der Waals surface area contributed by atoms with E-state index in [1.807, 2.05) is 0 Å². The summed E-state index contributed by atoms with van der Waals surface area (Å²) in [6.07, 6.45) is 1.40. The summed E-state index contributed by atoms with van der Waals surface area (Å²) >= 11 is 0. The van der Waals surface area contributed by atoms with Gasteiger partial charge in [0.2, 0.25) is 0 Å². The summed E-state index contributed by atoms with van der Waals surface area (Å²) < 4.78 is 13.4. The van der Waals surface area contributed by atoms with Gasteiger partial charge < -0.3 is 5.11 Å². The van der Waals surface area contributed by atoms with Crippen molar-refractivity contribution in [2.75, 3.05) is 0 Å². The van der Waals surface area contributed by atoms with E-state index < -0.39 is 5.97 Å². The predicted molar refractivity (Wildman–Crippen MR) is 61.3 cm³/mol. The number of nitrogens with zero attached hydrogens (tertiary/aromatic N) is 1. The SMILES string of the molecule is Cc1ccc(-c2ccnc(C(=O)O)c2)cc1F. The van der Waals surface area contributed by atoms with Crippen LogP contribution in [0.25, 0.3) is 11.1 Å². The van der Waals surface area contributed by atoms with Crippen molar-refractivity contribution in [1.82, 2.24) is 4.98 Å². The maximum absolute atomic E-state index is 13.4. The van der Waals surface area contributed by atoms with Crippen LogP contribution in [0.15, 0.2) is 36.5 Å². The van der Waals surface area contributed by atoms with Crippen LogP contribution in [0.5, 0.6) is 0 Å². The number of halogens is 1. The van der Waals surface area contributed by atoms with Crippen molar-refractivity contribution in [1.29, 1.82) is 0 Å². The van der Waals surface area contributed by atoms with E-state index in [0.29, 0.717) is 16.7 Å². The first-order chi connectivity index (χ1) is 8.08. The van der Waals surface area contributed by atoms with Gasteiger partial charge in [0, 0.05) is 6.20 Å². The summed E-state index contributed by atoms with van der Waals surface area (Å²) in [5.74, 6) is -1.41. The molecule has 0 saturated carbocycles. The number of aryl methyl sites for hydroxylation is 1. The number of benzene rings is 1. The Morgan fingerprint density at radius 1 is 1.24 bits per heavy atom. The topological polar surface area (TPSA) is 50.2 Å². The molecule has 0 fully saturated rings. The average Bonchev–Trinajstić information content (AvgIpc) is 2.33. The lowest BCUT2D eigenvalue weighted by Crippen LogP contribution is -1.99. The first kappa shape index (κ1) is 11.3. The molecule has 0 aliphatic heterocycles. The molecule has 1 aromatic heterocycles. The van der Waals surface area contributed by atoms with E-state index in [1.165, 1.54) is 18.3 Å². The molecular formula is C13H10FNO2. The fourth-order valence-electron chi connectivity index (χ4n) is 1.50. The van der Waals surface area contributed by atoms with E-state index in [4.69, 9.17) is 5.11 Å². The van der Waals surface area contributed by atoms with Crippen LogP contribution in [0.4, 0.5) is 4.39 Å². The number of carboxylic acids is 1. The van der Waals surface area contributed by atoms with Gasteiger partial charge in [-0.25, -0.2) is 14.2 Å². The van der Waals surface area contributed by atoms with Crippen LogP contribution in [0.2, 0.25) is 0 Å². The van der Waals surface area contributed by atoms with E-state index in [1.54, 1.807) is 25.1 Å². The normalized spacial score (nSPS) is 10.2. The lowest BCUT2D eigenvalue weighted by Gasteiger charge is -2.04. The Morgan fingerprint density at radius 2 is 1.94 bits per heavy atom. The summed E-state index contributed by atoms with van der Waals surface area (Å²) in [6.45, 7) is 1.67. The molecule has 0 amide bonds. The molecule has 1 N–H and O–H groups in total. The van der Waals surface area contributed by atoms with Crippen molar-refractivity contribution in [3.05, 3.63) is 53.6 Å². The zero-order valence-corrected chi connectivity index (χ0v) is 9.14. The molecule has 86 valence electrons. The van der Waals surface area contributed by atoms with Gasteiger partial charge >= 0.3 is 5.97 Å². The highest BCUT2D eigenvalue weighted by molar-refractivity contribution is 5.87. The van der Waals surface area contributed by atoms with E-state index in [9.17, 15) is 9.18 Å². The van der Waals surface area contributed by atoms with E-state index in [-0.39, 0.29) is 11.5 Å².